The lowest BCUT2D eigenvalue weighted by atomic mass is 10.1. The molecule has 4 rings (SSSR count). The first-order valence-electron chi connectivity index (χ1n) is 10.5. The molecule has 0 unspecified atom stereocenters. The van der Waals surface area contributed by atoms with E-state index >= 15 is 0 Å². The van der Waals surface area contributed by atoms with Crippen LogP contribution in [0, 0.1) is 6.92 Å². The maximum Gasteiger partial charge on any atom is 0.251 e. The Kier molecular flexibility index (Phi) is 6.75. The van der Waals surface area contributed by atoms with Crippen LogP contribution in [0.25, 0.3) is 0 Å². The van der Waals surface area contributed by atoms with Crippen LogP contribution >= 0.6 is 11.8 Å². The summed E-state index contributed by atoms with van der Waals surface area (Å²) in [7, 11) is 0. The van der Waals surface area contributed by atoms with E-state index in [-0.39, 0.29) is 5.91 Å². The third-order valence-electron chi connectivity index (χ3n) is 5.49. The molecule has 0 aliphatic carbocycles. The van der Waals surface area contributed by atoms with E-state index in [1.54, 1.807) is 0 Å². The van der Waals surface area contributed by atoms with Crippen molar-refractivity contribution in [3.8, 4) is 0 Å². The Morgan fingerprint density at radius 1 is 0.967 bits per heavy atom. The highest BCUT2D eigenvalue weighted by atomic mass is 32.2. The third-order valence-corrected chi connectivity index (χ3v) is 6.52. The second-order valence-corrected chi connectivity index (χ2v) is 8.90. The first-order valence-corrected chi connectivity index (χ1v) is 11.7. The molecule has 1 aliphatic heterocycles. The highest BCUT2D eigenvalue weighted by Gasteiger charge is 2.18. The SMILES string of the molecule is Cc1ccc(CSCCNC(=O)c2ccc(CN3CCc4ccccc43)cc2)cc1. The number of hydrogen-bond acceptors (Lipinski definition) is 3. The van der Waals surface area contributed by atoms with Crippen molar-refractivity contribution in [2.75, 3.05) is 23.7 Å². The smallest absolute Gasteiger partial charge is 0.251 e. The standard InChI is InChI=1S/C26H28N2OS/c1-20-6-8-22(9-7-20)19-30-17-15-27-26(29)24-12-10-21(11-13-24)18-28-16-14-23-4-2-3-5-25(23)28/h2-13H,14-19H2,1H3,(H,27,29). The number of rotatable bonds is 8. The molecule has 4 heteroatoms. The molecule has 0 bridgehead atoms. The Bertz CT molecular complexity index is 983. The molecule has 0 spiro atoms. The van der Waals surface area contributed by atoms with Crippen LogP contribution in [0.4, 0.5) is 5.69 Å². The van der Waals surface area contributed by atoms with Gasteiger partial charge in [0.25, 0.3) is 5.91 Å². The van der Waals surface area contributed by atoms with E-state index in [2.05, 4.69) is 77.8 Å². The predicted molar refractivity (Wildman–Crippen MR) is 127 cm³/mol. The lowest BCUT2D eigenvalue weighted by Gasteiger charge is -2.19. The van der Waals surface area contributed by atoms with Gasteiger partial charge in [-0.05, 0) is 48.2 Å². The van der Waals surface area contributed by atoms with Gasteiger partial charge < -0.3 is 10.2 Å². The van der Waals surface area contributed by atoms with Crippen molar-refractivity contribution in [3.05, 3.63) is 101 Å². The summed E-state index contributed by atoms with van der Waals surface area (Å²) in [5.74, 6) is 1.89. The van der Waals surface area contributed by atoms with Crippen molar-refractivity contribution in [3.63, 3.8) is 0 Å². The molecule has 3 aromatic rings. The molecule has 3 nitrogen and oxygen atoms in total. The molecule has 154 valence electrons. The van der Waals surface area contributed by atoms with Crippen LogP contribution in [0.2, 0.25) is 0 Å². The van der Waals surface area contributed by atoms with Gasteiger partial charge in [0, 0.05) is 42.4 Å². The summed E-state index contributed by atoms with van der Waals surface area (Å²) < 4.78 is 0. The fraction of sp³-hybridized carbons (Fsp3) is 0.269. The molecular formula is C26H28N2OS. The largest absolute Gasteiger partial charge is 0.367 e. The minimum atomic E-state index is 0.00371. The number of para-hydroxylation sites is 1. The minimum Gasteiger partial charge on any atom is -0.367 e. The second-order valence-electron chi connectivity index (χ2n) is 7.79. The number of anilines is 1. The van der Waals surface area contributed by atoms with E-state index in [0.29, 0.717) is 6.54 Å². The number of carbonyl (C=O) groups excluding carboxylic acids is 1. The summed E-state index contributed by atoms with van der Waals surface area (Å²) in [6, 6.07) is 25.3. The molecular weight excluding hydrogens is 388 g/mol. The Labute approximate surface area is 183 Å². The van der Waals surface area contributed by atoms with Crippen molar-refractivity contribution < 1.29 is 4.79 Å². The summed E-state index contributed by atoms with van der Waals surface area (Å²) in [5, 5.41) is 3.03. The maximum absolute atomic E-state index is 12.4. The van der Waals surface area contributed by atoms with Crippen LogP contribution in [0.3, 0.4) is 0 Å². The highest BCUT2D eigenvalue weighted by molar-refractivity contribution is 7.98. The highest BCUT2D eigenvalue weighted by Crippen LogP contribution is 2.28. The van der Waals surface area contributed by atoms with Crippen LogP contribution in [-0.4, -0.2) is 24.7 Å². The fourth-order valence-corrected chi connectivity index (χ4v) is 4.58. The Morgan fingerprint density at radius 2 is 1.70 bits per heavy atom. The summed E-state index contributed by atoms with van der Waals surface area (Å²) >= 11 is 1.84. The zero-order valence-corrected chi connectivity index (χ0v) is 18.3. The molecule has 0 saturated heterocycles. The van der Waals surface area contributed by atoms with Crippen molar-refractivity contribution in [1.29, 1.82) is 0 Å². The predicted octanol–water partition coefficient (Wildman–Crippen LogP) is 5.22. The Morgan fingerprint density at radius 3 is 2.50 bits per heavy atom. The van der Waals surface area contributed by atoms with Crippen LogP contribution < -0.4 is 10.2 Å². The van der Waals surface area contributed by atoms with E-state index in [1.165, 1.54) is 27.9 Å². The van der Waals surface area contributed by atoms with Crippen molar-refractivity contribution in [1.82, 2.24) is 5.32 Å². The lowest BCUT2D eigenvalue weighted by molar-refractivity contribution is 0.0956. The van der Waals surface area contributed by atoms with Crippen molar-refractivity contribution in [2.45, 2.75) is 25.6 Å². The second kappa shape index (κ2) is 9.86. The fourth-order valence-electron chi connectivity index (χ4n) is 3.77. The van der Waals surface area contributed by atoms with Gasteiger partial charge in [0.1, 0.15) is 0 Å². The molecule has 30 heavy (non-hydrogen) atoms. The number of carbonyl (C=O) groups is 1. The molecule has 0 aromatic heterocycles. The minimum absolute atomic E-state index is 0.00371. The molecule has 0 fully saturated rings. The van der Waals surface area contributed by atoms with Crippen molar-refractivity contribution in [2.24, 2.45) is 0 Å². The molecule has 0 radical (unpaired) electrons. The van der Waals surface area contributed by atoms with Gasteiger partial charge in [0.2, 0.25) is 0 Å². The third kappa shape index (κ3) is 5.25. The number of amides is 1. The van der Waals surface area contributed by atoms with E-state index in [0.717, 1.165) is 36.6 Å². The van der Waals surface area contributed by atoms with Gasteiger partial charge in [-0.1, -0.05) is 60.2 Å². The summed E-state index contributed by atoms with van der Waals surface area (Å²) in [6.07, 6.45) is 1.11. The molecule has 1 heterocycles. The van der Waals surface area contributed by atoms with E-state index < -0.39 is 0 Å². The first-order chi connectivity index (χ1) is 14.7. The van der Waals surface area contributed by atoms with Crippen LogP contribution in [-0.2, 0) is 18.7 Å². The van der Waals surface area contributed by atoms with Gasteiger partial charge in [0.05, 0.1) is 0 Å². The molecule has 0 atom stereocenters. The van der Waals surface area contributed by atoms with Crippen LogP contribution in [0.15, 0.2) is 72.8 Å². The lowest BCUT2D eigenvalue weighted by Crippen LogP contribution is -2.25. The van der Waals surface area contributed by atoms with Gasteiger partial charge >= 0.3 is 0 Å². The molecule has 1 aliphatic rings. The summed E-state index contributed by atoms with van der Waals surface area (Å²) in [6.45, 7) is 4.72. The average Bonchev–Trinajstić information content (AvgIpc) is 3.18. The van der Waals surface area contributed by atoms with Gasteiger partial charge in [-0.3, -0.25) is 4.79 Å². The van der Waals surface area contributed by atoms with Crippen LogP contribution in [0.5, 0.6) is 0 Å². The zero-order valence-electron chi connectivity index (χ0n) is 17.4. The van der Waals surface area contributed by atoms with E-state index in [9.17, 15) is 4.79 Å². The van der Waals surface area contributed by atoms with E-state index in [4.69, 9.17) is 0 Å². The number of aryl methyl sites for hydroxylation is 1. The van der Waals surface area contributed by atoms with Crippen molar-refractivity contribution >= 4 is 23.4 Å². The number of thioether (sulfide) groups is 1. The topological polar surface area (TPSA) is 32.3 Å². The number of nitrogens with zero attached hydrogens (tertiary/aromatic N) is 1. The normalized spacial score (nSPS) is 12.6. The quantitative estimate of drug-likeness (QED) is 0.511. The monoisotopic (exact) mass is 416 g/mol. The van der Waals surface area contributed by atoms with Crippen LogP contribution in [0.1, 0.15) is 32.6 Å². The number of hydrogen-bond donors (Lipinski definition) is 1. The molecule has 1 N–H and O–H groups in total. The Hall–Kier alpha value is -2.72. The molecule has 0 saturated carbocycles. The number of nitrogens with one attached hydrogen (secondary N) is 1. The number of fused-ring (bicyclic) bond motifs is 1. The Balaban J connectivity index is 1.21. The molecule has 1 amide bonds. The van der Waals surface area contributed by atoms with Gasteiger partial charge in [-0.25, -0.2) is 0 Å². The van der Waals surface area contributed by atoms with E-state index in [1.807, 2.05) is 23.9 Å². The summed E-state index contributed by atoms with van der Waals surface area (Å²) in [4.78, 5) is 14.8. The first kappa shape index (κ1) is 20.5. The maximum atomic E-state index is 12.4. The average molecular weight is 417 g/mol. The molecule has 3 aromatic carbocycles. The number of benzene rings is 3. The van der Waals surface area contributed by atoms with Gasteiger partial charge in [-0.2, -0.15) is 11.8 Å². The van der Waals surface area contributed by atoms with Gasteiger partial charge in [-0.15, -0.1) is 0 Å². The van der Waals surface area contributed by atoms with Gasteiger partial charge in [0.15, 0.2) is 0 Å². The zero-order chi connectivity index (χ0) is 20.8. The summed E-state index contributed by atoms with van der Waals surface area (Å²) in [5.41, 5.74) is 7.33.